The molecule has 1 aromatic carbocycles. The lowest BCUT2D eigenvalue weighted by molar-refractivity contribution is 0.464. The Morgan fingerprint density at radius 3 is 2.68 bits per heavy atom. The number of hydrogen-bond donors (Lipinski definition) is 1. The molecule has 2 atom stereocenters. The molecule has 1 aromatic rings. The largest absolute Gasteiger partial charge is 0.314 e. The fourth-order valence-corrected chi connectivity index (χ4v) is 3.99. The summed E-state index contributed by atoms with van der Waals surface area (Å²) in [4.78, 5) is 0.914. The Kier molecular flexibility index (Phi) is 8.58. The first-order valence-corrected chi connectivity index (χ1v) is 9.16. The van der Waals surface area contributed by atoms with Gasteiger partial charge < -0.3 is 5.32 Å². The monoisotopic (exact) mass is 345 g/mol. The van der Waals surface area contributed by atoms with E-state index in [0.29, 0.717) is 6.04 Å². The smallest absolute Gasteiger partial charge is 0.0541 e. The van der Waals surface area contributed by atoms with E-state index in [-0.39, 0.29) is 0 Å². The molecule has 0 fully saturated rings. The van der Waals surface area contributed by atoms with E-state index in [1.165, 1.54) is 6.42 Å². The van der Waals surface area contributed by atoms with Gasteiger partial charge in [-0.3, -0.25) is 4.21 Å². The SMILES string of the molecule is CCCNC(CC)CCCS(=O)c1ccccc1Br. The Hall–Kier alpha value is -0.190. The van der Waals surface area contributed by atoms with E-state index >= 15 is 0 Å². The minimum absolute atomic E-state index is 0.566. The minimum atomic E-state index is -0.894. The van der Waals surface area contributed by atoms with Crippen molar-refractivity contribution in [3.05, 3.63) is 28.7 Å². The molecular formula is C15H24BrNOS. The molecule has 19 heavy (non-hydrogen) atoms. The lowest BCUT2D eigenvalue weighted by Crippen LogP contribution is -2.29. The molecule has 4 heteroatoms. The van der Waals surface area contributed by atoms with E-state index in [2.05, 4.69) is 35.1 Å². The Morgan fingerprint density at radius 2 is 2.05 bits per heavy atom. The summed E-state index contributed by atoms with van der Waals surface area (Å²) in [6, 6.07) is 8.34. The van der Waals surface area contributed by atoms with Crippen molar-refractivity contribution >= 4 is 26.7 Å². The third kappa shape index (κ3) is 6.19. The van der Waals surface area contributed by atoms with Gasteiger partial charge in [-0.2, -0.15) is 0 Å². The van der Waals surface area contributed by atoms with Crippen LogP contribution in [-0.4, -0.2) is 22.5 Å². The van der Waals surface area contributed by atoms with Gasteiger partial charge in [0.1, 0.15) is 0 Å². The van der Waals surface area contributed by atoms with E-state index in [1.807, 2.05) is 24.3 Å². The molecule has 0 amide bonds. The third-order valence-electron chi connectivity index (χ3n) is 3.14. The molecule has 0 heterocycles. The summed E-state index contributed by atoms with van der Waals surface area (Å²) in [6.45, 7) is 5.46. The Balaban J connectivity index is 2.36. The summed E-state index contributed by atoms with van der Waals surface area (Å²) in [6.07, 6.45) is 4.41. The van der Waals surface area contributed by atoms with Crippen molar-refractivity contribution < 1.29 is 4.21 Å². The van der Waals surface area contributed by atoms with Crippen molar-refractivity contribution in [2.45, 2.75) is 50.5 Å². The number of rotatable bonds is 9. The van der Waals surface area contributed by atoms with Gasteiger partial charge in [-0.05, 0) is 60.3 Å². The van der Waals surface area contributed by atoms with Gasteiger partial charge >= 0.3 is 0 Å². The first-order valence-electron chi connectivity index (χ1n) is 7.05. The molecule has 0 aliphatic heterocycles. The van der Waals surface area contributed by atoms with Crippen LogP contribution in [0.15, 0.2) is 33.6 Å². The van der Waals surface area contributed by atoms with E-state index in [9.17, 15) is 4.21 Å². The molecule has 0 bridgehead atoms. The van der Waals surface area contributed by atoms with Crippen molar-refractivity contribution in [2.24, 2.45) is 0 Å². The van der Waals surface area contributed by atoms with Gasteiger partial charge in [-0.1, -0.05) is 26.0 Å². The zero-order chi connectivity index (χ0) is 14.1. The summed E-state index contributed by atoms with van der Waals surface area (Å²) in [5.41, 5.74) is 0. The summed E-state index contributed by atoms with van der Waals surface area (Å²) >= 11 is 3.46. The average Bonchev–Trinajstić information content (AvgIpc) is 2.42. The Bertz CT molecular complexity index is 397. The Labute approximate surface area is 128 Å². The van der Waals surface area contributed by atoms with Gasteiger partial charge in [0.2, 0.25) is 0 Å². The van der Waals surface area contributed by atoms with Crippen LogP contribution in [0.2, 0.25) is 0 Å². The highest BCUT2D eigenvalue weighted by molar-refractivity contribution is 9.10. The maximum absolute atomic E-state index is 12.2. The molecule has 1 rings (SSSR count). The number of hydrogen-bond acceptors (Lipinski definition) is 2. The predicted octanol–water partition coefficient (Wildman–Crippen LogP) is 4.12. The highest BCUT2D eigenvalue weighted by Crippen LogP contribution is 2.20. The van der Waals surface area contributed by atoms with E-state index in [1.54, 1.807) is 0 Å². The maximum atomic E-state index is 12.2. The van der Waals surface area contributed by atoms with Gasteiger partial charge in [-0.15, -0.1) is 0 Å². The molecule has 108 valence electrons. The second-order valence-electron chi connectivity index (χ2n) is 4.68. The summed E-state index contributed by atoms with van der Waals surface area (Å²) in [7, 11) is -0.894. The molecule has 2 unspecified atom stereocenters. The molecule has 0 saturated heterocycles. The van der Waals surface area contributed by atoms with Crippen LogP contribution < -0.4 is 5.32 Å². The van der Waals surface area contributed by atoms with Gasteiger partial charge in [0.25, 0.3) is 0 Å². The quantitative estimate of drug-likeness (QED) is 0.729. The molecule has 0 aromatic heterocycles. The van der Waals surface area contributed by atoms with Crippen molar-refractivity contribution in [3.63, 3.8) is 0 Å². The van der Waals surface area contributed by atoms with E-state index < -0.39 is 10.8 Å². The summed E-state index contributed by atoms with van der Waals surface area (Å²) in [5, 5.41) is 3.54. The number of benzene rings is 1. The zero-order valence-corrected chi connectivity index (χ0v) is 14.2. The lowest BCUT2D eigenvalue weighted by atomic mass is 10.1. The molecular weight excluding hydrogens is 322 g/mol. The summed E-state index contributed by atoms with van der Waals surface area (Å²) < 4.78 is 13.2. The standard InChI is InChI=1S/C15H24BrNOS/c1-3-11-17-13(4-2)8-7-12-19(18)15-10-6-5-9-14(15)16/h5-6,9-10,13,17H,3-4,7-8,11-12H2,1-2H3. The predicted molar refractivity (Wildman–Crippen MR) is 87.0 cm³/mol. The molecule has 0 aliphatic rings. The maximum Gasteiger partial charge on any atom is 0.0541 e. The van der Waals surface area contributed by atoms with Gasteiger partial charge in [0.15, 0.2) is 0 Å². The number of halogens is 1. The van der Waals surface area contributed by atoms with Crippen LogP contribution in [0.3, 0.4) is 0 Å². The molecule has 0 spiro atoms. The zero-order valence-electron chi connectivity index (χ0n) is 11.8. The normalized spacial score (nSPS) is 14.3. The second kappa shape index (κ2) is 9.67. The van der Waals surface area contributed by atoms with Gasteiger partial charge in [-0.25, -0.2) is 0 Å². The second-order valence-corrected chi connectivity index (χ2v) is 7.08. The number of nitrogens with one attached hydrogen (secondary N) is 1. The first kappa shape index (κ1) is 16.9. The fourth-order valence-electron chi connectivity index (χ4n) is 2.00. The molecule has 1 N–H and O–H groups in total. The summed E-state index contributed by atoms with van der Waals surface area (Å²) in [5.74, 6) is 0.743. The van der Waals surface area contributed by atoms with Gasteiger partial charge in [0, 0.05) is 16.3 Å². The lowest BCUT2D eigenvalue weighted by Gasteiger charge is -2.16. The minimum Gasteiger partial charge on any atom is -0.314 e. The Morgan fingerprint density at radius 1 is 1.32 bits per heavy atom. The van der Waals surface area contributed by atoms with E-state index in [4.69, 9.17) is 0 Å². The van der Waals surface area contributed by atoms with Crippen LogP contribution in [0.1, 0.15) is 39.5 Å². The first-order chi connectivity index (χ1) is 9.19. The van der Waals surface area contributed by atoms with Crippen LogP contribution in [0.5, 0.6) is 0 Å². The van der Waals surface area contributed by atoms with Crippen LogP contribution in [0.4, 0.5) is 0 Å². The highest BCUT2D eigenvalue weighted by atomic mass is 79.9. The van der Waals surface area contributed by atoms with Crippen molar-refractivity contribution in [3.8, 4) is 0 Å². The fraction of sp³-hybridized carbons (Fsp3) is 0.600. The van der Waals surface area contributed by atoms with Crippen LogP contribution in [0.25, 0.3) is 0 Å². The average molecular weight is 346 g/mol. The van der Waals surface area contributed by atoms with Crippen LogP contribution >= 0.6 is 15.9 Å². The molecule has 0 aliphatic carbocycles. The van der Waals surface area contributed by atoms with Crippen molar-refractivity contribution in [2.75, 3.05) is 12.3 Å². The van der Waals surface area contributed by atoms with Crippen LogP contribution in [0, 0.1) is 0 Å². The molecule has 0 radical (unpaired) electrons. The van der Waals surface area contributed by atoms with Crippen LogP contribution in [-0.2, 0) is 10.8 Å². The third-order valence-corrected chi connectivity index (χ3v) is 5.60. The van der Waals surface area contributed by atoms with Gasteiger partial charge in [0.05, 0.1) is 15.7 Å². The molecule has 2 nitrogen and oxygen atoms in total. The topological polar surface area (TPSA) is 29.1 Å². The highest BCUT2D eigenvalue weighted by Gasteiger charge is 2.09. The van der Waals surface area contributed by atoms with Crippen molar-refractivity contribution in [1.82, 2.24) is 5.32 Å². The van der Waals surface area contributed by atoms with E-state index in [0.717, 1.165) is 40.9 Å². The molecule has 0 saturated carbocycles. The van der Waals surface area contributed by atoms with Crippen molar-refractivity contribution in [1.29, 1.82) is 0 Å².